The maximum absolute atomic E-state index is 6.02. The van der Waals surface area contributed by atoms with E-state index in [9.17, 15) is 0 Å². The average Bonchev–Trinajstić information content (AvgIpc) is 3.27. The SMILES string of the molecule is CCOC1CC(NC(=NC)NCc2nccn2CC(C)C)C12CCCC2. The van der Waals surface area contributed by atoms with Crippen LogP contribution in [-0.4, -0.2) is 41.3 Å². The molecule has 2 fully saturated rings. The maximum Gasteiger partial charge on any atom is 0.191 e. The summed E-state index contributed by atoms with van der Waals surface area (Å²) in [6.07, 6.45) is 10.6. The van der Waals surface area contributed by atoms with Crippen LogP contribution in [0.1, 0.15) is 58.7 Å². The predicted molar refractivity (Wildman–Crippen MR) is 105 cm³/mol. The van der Waals surface area contributed by atoms with Gasteiger partial charge in [-0.25, -0.2) is 4.98 Å². The number of hydrogen-bond acceptors (Lipinski definition) is 3. The molecular formula is C20H35N5O. The monoisotopic (exact) mass is 361 g/mol. The Hall–Kier alpha value is -1.56. The van der Waals surface area contributed by atoms with Crippen LogP contribution < -0.4 is 10.6 Å². The summed E-state index contributed by atoms with van der Waals surface area (Å²) in [7, 11) is 1.84. The lowest BCUT2D eigenvalue weighted by molar-refractivity contribution is -0.125. The van der Waals surface area contributed by atoms with Crippen molar-refractivity contribution in [2.24, 2.45) is 16.3 Å². The van der Waals surface area contributed by atoms with Crippen LogP contribution in [0.5, 0.6) is 0 Å². The zero-order valence-electron chi connectivity index (χ0n) is 16.8. The summed E-state index contributed by atoms with van der Waals surface area (Å²) in [5.74, 6) is 2.53. The van der Waals surface area contributed by atoms with Crippen molar-refractivity contribution in [1.82, 2.24) is 20.2 Å². The Morgan fingerprint density at radius 2 is 2.19 bits per heavy atom. The van der Waals surface area contributed by atoms with Gasteiger partial charge in [0, 0.05) is 44.0 Å². The van der Waals surface area contributed by atoms with Crippen LogP contribution in [0, 0.1) is 11.3 Å². The summed E-state index contributed by atoms with van der Waals surface area (Å²) < 4.78 is 8.24. The van der Waals surface area contributed by atoms with Gasteiger partial charge in [0.2, 0.25) is 0 Å². The first-order chi connectivity index (χ1) is 12.6. The van der Waals surface area contributed by atoms with E-state index in [2.05, 4.69) is 52.1 Å². The van der Waals surface area contributed by atoms with Crippen molar-refractivity contribution in [1.29, 1.82) is 0 Å². The van der Waals surface area contributed by atoms with Crippen molar-refractivity contribution in [2.45, 2.75) is 78.1 Å². The van der Waals surface area contributed by atoms with Crippen LogP contribution in [0.2, 0.25) is 0 Å². The quantitative estimate of drug-likeness (QED) is 0.579. The summed E-state index contributed by atoms with van der Waals surface area (Å²) >= 11 is 0. The standard InChI is InChI=1S/C20H35N5O/c1-5-26-17-12-16(20(17)8-6-7-9-20)24-19(21-4)23-13-18-22-10-11-25(18)14-15(2)3/h10-11,15-17H,5-9,12-14H2,1-4H3,(H2,21,23,24). The highest BCUT2D eigenvalue weighted by atomic mass is 16.5. The van der Waals surface area contributed by atoms with Gasteiger partial charge in [-0.15, -0.1) is 0 Å². The number of ether oxygens (including phenoxy) is 1. The van der Waals surface area contributed by atoms with Gasteiger partial charge >= 0.3 is 0 Å². The lowest BCUT2D eigenvalue weighted by Gasteiger charge is -2.54. The van der Waals surface area contributed by atoms with Gasteiger partial charge in [-0.2, -0.15) is 0 Å². The Labute approximate surface area is 157 Å². The lowest BCUT2D eigenvalue weighted by Crippen LogP contribution is -2.65. The molecule has 2 atom stereocenters. The minimum Gasteiger partial charge on any atom is -0.378 e. The molecule has 2 saturated carbocycles. The molecule has 3 rings (SSSR count). The van der Waals surface area contributed by atoms with Crippen molar-refractivity contribution in [2.75, 3.05) is 13.7 Å². The summed E-state index contributed by atoms with van der Waals surface area (Å²) in [4.78, 5) is 8.94. The lowest BCUT2D eigenvalue weighted by atomic mass is 9.60. The topological polar surface area (TPSA) is 63.5 Å². The molecule has 146 valence electrons. The second-order valence-corrected chi connectivity index (χ2v) is 8.13. The molecule has 6 nitrogen and oxygen atoms in total. The van der Waals surface area contributed by atoms with Gasteiger partial charge in [-0.3, -0.25) is 4.99 Å². The van der Waals surface area contributed by atoms with Gasteiger partial charge < -0.3 is 19.9 Å². The number of imidazole rings is 1. The molecule has 26 heavy (non-hydrogen) atoms. The van der Waals surface area contributed by atoms with E-state index < -0.39 is 0 Å². The van der Waals surface area contributed by atoms with Crippen LogP contribution >= 0.6 is 0 Å². The van der Waals surface area contributed by atoms with E-state index >= 15 is 0 Å². The maximum atomic E-state index is 6.02. The third-order valence-electron chi connectivity index (χ3n) is 6.00. The Kier molecular flexibility index (Phi) is 6.22. The molecule has 0 saturated heterocycles. The van der Waals surface area contributed by atoms with Crippen LogP contribution in [0.4, 0.5) is 0 Å². The zero-order valence-corrected chi connectivity index (χ0v) is 16.8. The summed E-state index contributed by atoms with van der Waals surface area (Å²) in [6.45, 7) is 9.04. The second kappa shape index (κ2) is 8.42. The Balaban J connectivity index is 1.56. The number of aliphatic imine (C=N–C) groups is 1. The van der Waals surface area contributed by atoms with E-state index in [4.69, 9.17) is 4.74 Å². The first kappa shape index (κ1) is 19.2. The Morgan fingerprint density at radius 3 is 2.85 bits per heavy atom. The minimum absolute atomic E-state index is 0.309. The zero-order chi connectivity index (χ0) is 18.6. The molecule has 1 heterocycles. The van der Waals surface area contributed by atoms with Crippen LogP contribution in [0.25, 0.3) is 0 Å². The normalized spacial score (nSPS) is 24.9. The molecule has 0 radical (unpaired) electrons. The fourth-order valence-electron chi connectivity index (χ4n) is 4.68. The summed E-state index contributed by atoms with van der Waals surface area (Å²) in [6, 6.07) is 0.461. The first-order valence-electron chi connectivity index (χ1n) is 10.2. The van der Waals surface area contributed by atoms with Gasteiger partial charge in [-0.05, 0) is 32.1 Å². The molecular weight excluding hydrogens is 326 g/mol. The molecule has 1 aromatic rings. The molecule has 0 bridgehead atoms. The van der Waals surface area contributed by atoms with Crippen LogP contribution in [-0.2, 0) is 17.8 Å². The average molecular weight is 362 g/mol. The third-order valence-corrected chi connectivity index (χ3v) is 6.00. The fraction of sp³-hybridized carbons (Fsp3) is 0.800. The number of hydrogen-bond donors (Lipinski definition) is 2. The molecule has 2 aliphatic rings. The van der Waals surface area contributed by atoms with Crippen LogP contribution in [0.3, 0.4) is 0 Å². The third kappa shape index (κ3) is 3.90. The predicted octanol–water partition coefficient (Wildman–Crippen LogP) is 2.94. The van der Waals surface area contributed by atoms with Crippen molar-refractivity contribution in [3.8, 4) is 0 Å². The summed E-state index contributed by atoms with van der Waals surface area (Å²) in [5, 5.41) is 7.12. The molecule has 1 aromatic heterocycles. The van der Waals surface area contributed by atoms with Gasteiger partial charge in [0.25, 0.3) is 0 Å². The molecule has 6 heteroatoms. The van der Waals surface area contributed by atoms with Crippen molar-refractivity contribution in [3.05, 3.63) is 18.2 Å². The molecule has 0 aliphatic heterocycles. The van der Waals surface area contributed by atoms with Crippen molar-refractivity contribution < 1.29 is 4.74 Å². The van der Waals surface area contributed by atoms with Gasteiger partial charge in [0.15, 0.2) is 5.96 Å². The van der Waals surface area contributed by atoms with Crippen LogP contribution in [0.15, 0.2) is 17.4 Å². The summed E-state index contributed by atoms with van der Waals surface area (Å²) in [5.41, 5.74) is 0.309. The van der Waals surface area contributed by atoms with E-state index in [-0.39, 0.29) is 0 Å². The number of nitrogens with one attached hydrogen (secondary N) is 2. The minimum atomic E-state index is 0.309. The second-order valence-electron chi connectivity index (χ2n) is 8.13. The largest absolute Gasteiger partial charge is 0.378 e. The van der Waals surface area contributed by atoms with E-state index in [1.165, 1.54) is 25.7 Å². The number of guanidine groups is 1. The van der Waals surface area contributed by atoms with Crippen molar-refractivity contribution >= 4 is 5.96 Å². The highest BCUT2D eigenvalue weighted by Crippen LogP contribution is 2.54. The molecule has 2 N–H and O–H groups in total. The highest BCUT2D eigenvalue weighted by Gasteiger charge is 2.56. The molecule has 0 amide bonds. The smallest absolute Gasteiger partial charge is 0.191 e. The Bertz CT molecular complexity index is 603. The first-order valence-corrected chi connectivity index (χ1v) is 10.2. The fourth-order valence-corrected chi connectivity index (χ4v) is 4.68. The van der Waals surface area contributed by atoms with Gasteiger partial charge in [-0.1, -0.05) is 26.7 Å². The van der Waals surface area contributed by atoms with E-state index in [1.54, 1.807) is 0 Å². The van der Waals surface area contributed by atoms with E-state index in [1.807, 2.05) is 13.2 Å². The van der Waals surface area contributed by atoms with Crippen molar-refractivity contribution in [3.63, 3.8) is 0 Å². The molecule has 2 aliphatic carbocycles. The highest BCUT2D eigenvalue weighted by molar-refractivity contribution is 5.80. The molecule has 0 aromatic carbocycles. The molecule has 1 spiro atoms. The van der Waals surface area contributed by atoms with Gasteiger partial charge in [0.1, 0.15) is 5.82 Å². The van der Waals surface area contributed by atoms with E-state index in [0.29, 0.717) is 30.0 Å². The number of rotatable bonds is 7. The van der Waals surface area contributed by atoms with Gasteiger partial charge in [0.05, 0.1) is 12.6 Å². The molecule has 2 unspecified atom stereocenters. The number of aromatic nitrogens is 2. The number of nitrogens with zero attached hydrogens (tertiary/aromatic N) is 3. The van der Waals surface area contributed by atoms with E-state index in [0.717, 1.165) is 31.4 Å². The Morgan fingerprint density at radius 1 is 1.42 bits per heavy atom.